The molecule has 31 heavy (non-hydrogen) atoms. The van der Waals surface area contributed by atoms with E-state index in [1.165, 1.54) is 12.1 Å². The normalized spacial score (nSPS) is 16.1. The molecule has 168 valence electrons. The van der Waals surface area contributed by atoms with E-state index in [0.717, 1.165) is 30.5 Å². The van der Waals surface area contributed by atoms with Gasteiger partial charge in [-0.15, -0.1) is 0 Å². The zero-order valence-electron chi connectivity index (χ0n) is 18.4. The van der Waals surface area contributed by atoms with E-state index in [9.17, 15) is 13.2 Å². The molecule has 1 aliphatic rings. The minimum atomic E-state index is -3.84. The van der Waals surface area contributed by atoms with E-state index in [0.29, 0.717) is 30.5 Å². The lowest BCUT2D eigenvalue weighted by atomic mass is 10.0. The van der Waals surface area contributed by atoms with Gasteiger partial charge in [-0.25, -0.2) is 8.42 Å². The third-order valence-corrected chi connectivity index (χ3v) is 9.09. The number of carbonyl (C=O) groups is 1. The summed E-state index contributed by atoms with van der Waals surface area (Å²) in [6.07, 6.45) is 2.11. The molecule has 1 N–H and O–H groups in total. The van der Waals surface area contributed by atoms with Crippen molar-refractivity contribution in [1.29, 1.82) is 0 Å². The summed E-state index contributed by atoms with van der Waals surface area (Å²) in [5.74, 6) is -0.410. The number of hydrogen-bond donors (Lipinski definition) is 1. The number of carbonyl (C=O) groups excluding carboxylic acids is 1. The van der Waals surface area contributed by atoms with Crippen LogP contribution >= 0.6 is 11.6 Å². The molecule has 0 saturated heterocycles. The maximum atomic E-state index is 13.5. The summed E-state index contributed by atoms with van der Waals surface area (Å²) in [6.45, 7) is 5.34. The van der Waals surface area contributed by atoms with Crippen LogP contribution < -0.4 is 5.32 Å². The van der Waals surface area contributed by atoms with Crippen molar-refractivity contribution in [3.63, 3.8) is 0 Å². The molecule has 0 unspecified atom stereocenters. The molecular weight excluding hydrogens is 432 g/mol. The van der Waals surface area contributed by atoms with Crippen molar-refractivity contribution in [2.75, 3.05) is 7.05 Å². The third-order valence-electron chi connectivity index (χ3n) is 6.32. The fraction of sp³-hybridized carbons (Fsp3) is 0.458. The van der Waals surface area contributed by atoms with Crippen LogP contribution in [0.4, 0.5) is 0 Å². The molecule has 1 fully saturated rings. The van der Waals surface area contributed by atoms with Crippen molar-refractivity contribution >= 4 is 27.3 Å². The molecule has 0 aromatic heterocycles. The van der Waals surface area contributed by atoms with Crippen LogP contribution in [-0.4, -0.2) is 37.1 Å². The first-order valence-corrected chi connectivity index (χ1v) is 12.6. The molecule has 1 aliphatic carbocycles. The van der Waals surface area contributed by atoms with Gasteiger partial charge in [-0.05, 0) is 69.1 Å². The van der Waals surface area contributed by atoms with Crippen LogP contribution in [0.5, 0.6) is 0 Å². The Balaban J connectivity index is 1.82. The number of nitrogens with zero attached hydrogens (tertiary/aromatic N) is 1. The minimum absolute atomic E-state index is 0.146. The molecule has 0 spiro atoms. The van der Waals surface area contributed by atoms with E-state index in [1.54, 1.807) is 12.1 Å². The molecular formula is C24H31ClN2O3S. The Labute approximate surface area is 190 Å². The summed E-state index contributed by atoms with van der Waals surface area (Å²) in [5, 5.41) is 3.41. The second kappa shape index (κ2) is 9.72. The molecule has 3 rings (SSSR count). The Morgan fingerprint density at radius 2 is 1.65 bits per heavy atom. The Hall–Kier alpha value is -1.89. The van der Waals surface area contributed by atoms with E-state index < -0.39 is 20.5 Å². The smallest absolute Gasteiger partial charge is 0.242 e. The van der Waals surface area contributed by atoms with Gasteiger partial charge < -0.3 is 5.32 Å². The maximum absolute atomic E-state index is 13.5. The van der Waals surface area contributed by atoms with Crippen LogP contribution in [0.15, 0.2) is 53.4 Å². The summed E-state index contributed by atoms with van der Waals surface area (Å²) in [4.78, 5) is 15.7. The van der Waals surface area contributed by atoms with Gasteiger partial charge >= 0.3 is 0 Å². The van der Waals surface area contributed by atoms with Crippen LogP contribution in [0, 0.1) is 0 Å². The van der Waals surface area contributed by atoms with E-state index in [1.807, 2.05) is 18.2 Å². The summed E-state index contributed by atoms with van der Waals surface area (Å²) in [6, 6.07) is 14.4. The third kappa shape index (κ3) is 4.97. The summed E-state index contributed by atoms with van der Waals surface area (Å²) < 4.78 is 25.6. The number of hydrogen-bond acceptors (Lipinski definition) is 4. The van der Waals surface area contributed by atoms with Gasteiger partial charge in [0.25, 0.3) is 0 Å². The topological polar surface area (TPSA) is 66.5 Å². The number of nitrogens with one attached hydrogen (secondary N) is 1. The molecule has 0 heterocycles. The monoisotopic (exact) mass is 462 g/mol. The molecule has 2 aromatic rings. The van der Waals surface area contributed by atoms with Gasteiger partial charge in [0.05, 0.1) is 4.90 Å². The van der Waals surface area contributed by atoms with Crippen molar-refractivity contribution in [3.8, 4) is 0 Å². The first-order chi connectivity index (χ1) is 14.7. The zero-order chi connectivity index (χ0) is 22.6. The SMILES string of the molecule is CC(C)N(C)Cc1ccccc1CNC(=O)C1(S(=O)(=O)c2ccc(Cl)cc2)CCCC1. The number of benzene rings is 2. The number of rotatable bonds is 8. The lowest BCUT2D eigenvalue weighted by Gasteiger charge is -2.28. The van der Waals surface area contributed by atoms with Crippen molar-refractivity contribution < 1.29 is 13.2 Å². The second-order valence-electron chi connectivity index (χ2n) is 8.62. The maximum Gasteiger partial charge on any atom is 0.242 e. The van der Waals surface area contributed by atoms with Crippen molar-refractivity contribution in [2.45, 2.75) is 68.3 Å². The largest absolute Gasteiger partial charge is 0.351 e. The van der Waals surface area contributed by atoms with Gasteiger partial charge in [0, 0.05) is 24.2 Å². The highest BCUT2D eigenvalue weighted by Gasteiger charge is 2.52. The number of halogens is 1. The highest BCUT2D eigenvalue weighted by Crippen LogP contribution is 2.41. The Morgan fingerprint density at radius 3 is 2.23 bits per heavy atom. The van der Waals surface area contributed by atoms with Crippen LogP contribution in [0.25, 0.3) is 0 Å². The van der Waals surface area contributed by atoms with Gasteiger partial charge in [-0.1, -0.05) is 48.7 Å². The molecule has 5 nitrogen and oxygen atoms in total. The van der Waals surface area contributed by atoms with Gasteiger partial charge in [0.1, 0.15) is 0 Å². The zero-order valence-corrected chi connectivity index (χ0v) is 20.0. The minimum Gasteiger partial charge on any atom is -0.351 e. The van der Waals surface area contributed by atoms with Gasteiger partial charge in [-0.2, -0.15) is 0 Å². The van der Waals surface area contributed by atoms with Crippen LogP contribution in [0.1, 0.15) is 50.7 Å². The van der Waals surface area contributed by atoms with Crippen LogP contribution in [0.3, 0.4) is 0 Å². The summed E-state index contributed by atoms with van der Waals surface area (Å²) in [7, 11) is -1.78. The van der Waals surface area contributed by atoms with E-state index in [-0.39, 0.29) is 4.90 Å². The number of sulfone groups is 1. The Kier molecular flexibility index (Phi) is 7.45. The molecule has 1 amide bonds. The quantitative estimate of drug-likeness (QED) is 0.623. The highest BCUT2D eigenvalue weighted by molar-refractivity contribution is 7.93. The lowest BCUT2D eigenvalue weighted by Crippen LogP contribution is -2.50. The molecule has 2 aromatic carbocycles. The molecule has 0 aliphatic heterocycles. The van der Waals surface area contributed by atoms with Crippen LogP contribution in [-0.2, 0) is 27.7 Å². The Morgan fingerprint density at radius 1 is 1.06 bits per heavy atom. The van der Waals surface area contributed by atoms with Crippen LogP contribution in [0.2, 0.25) is 5.02 Å². The standard InChI is InChI=1S/C24H31ClN2O3S/c1-18(2)27(3)17-20-9-5-4-8-19(20)16-26-23(28)24(14-6-7-15-24)31(29,30)22-12-10-21(25)11-13-22/h4-5,8-13,18H,6-7,14-17H2,1-3H3,(H,26,28). The average Bonchev–Trinajstić information content (AvgIpc) is 3.25. The first kappa shape index (κ1) is 23.8. The van der Waals surface area contributed by atoms with Crippen molar-refractivity contribution in [2.24, 2.45) is 0 Å². The second-order valence-corrected chi connectivity index (χ2v) is 11.3. The average molecular weight is 463 g/mol. The molecule has 0 radical (unpaired) electrons. The summed E-state index contributed by atoms with van der Waals surface area (Å²) >= 11 is 5.93. The summed E-state index contributed by atoms with van der Waals surface area (Å²) in [5.41, 5.74) is 2.13. The first-order valence-electron chi connectivity index (χ1n) is 10.7. The molecule has 0 atom stereocenters. The van der Waals surface area contributed by atoms with Gasteiger partial charge in [0.2, 0.25) is 5.91 Å². The van der Waals surface area contributed by atoms with Gasteiger partial charge in [-0.3, -0.25) is 9.69 Å². The van der Waals surface area contributed by atoms with Crippen molar-refractivity contribution in [3.05, 3.63) is 64.7 Å². The number of amides is 1. The molecule has 0 bridgehead atoms. The highest BCUT2D eigenvalue weighted by atomic mass is 35.5. The van der Waals surface area contributed by atoms with Gasteiger partial charge in [0.15, 0.2) is 14.6 Å². The van der Waals surface area contributed by atoms with E-state index in [2.05, 4.69) is 37.2 Å². The van der Waals surface area contributed by atoms with Crippen molar-refractivity contribution in [1.82, 2.24) is 10.2 Å². The van der Waals surface area contributed by atoms with E-state index in [4.69, 9.17) is 11.6 Å². The lowest BCUT2D eigenvalue weighted by molar-refractivity contribution is -0.123. The Bertz CT molecular complexity index is 1010. The fourth-order valence-electron chi connectivity index (χ4n) is 4.08. The fourth-order valence-corrected chi connectivity index (χ4v) is 6.29. The predicted molar refractivity (Wildman–Crippen MR) is 125 cm³/mol. The van der Waals surface area contributed by atoms with E-state index >= 15 is 0 Å². The predicted octanol–water partition coefficient (Wildman–Crippen LogP) is 4.58. The molecule has 7 heteroatoms. The molecule has 1 saturated carbocycles.